The van der Waals surface area contributed by atoms with E-state index in [9.17, 15) is 0 Å². The fraction of sp³-hybridized carbons (Fsp3) is 0.545. The summed E-state index contributed by atoms with van der Waals surface area (Å²) in [6.07, 6.45) is 14.5. The van der Waals surface area contributed by atoms with E-state index in [1.807, 2.05) is 19.1 Å². The lowest BCUT2D eigenvalue weighted by Gasteiger charge is -2.41. The van der Waals surface area contributed by atoms with Gasteiger partial charge in [-0.15, -0.1) is 6.58 Å². The summed E-state index contributed by atoms with van der Waals surface area (Å²) in [6.45, 7) is 6.68. The lowest BCUT2D eigenvalue weighted by atomic mass is 9.64. The minimum absolute atomic E-state index is 0.660. The standard InChI is InChI=1S/C22H30O/c1-3-5-14-23-22-12-10-18(11-13-22)20-9-8-19-15-17(4-2)6-7-21(19)16-20/h3-5,10-13,17,19-21H,2,6-9,14-16H2,1H3/b5-3+/t17-,19-,20?,21-/m1/s1. The van der Waals surface area contributed by atoms with E-state index in [0.29, 0.717) is 6.61 Å². The van der Waals surface area contributed by atoms with Gasteiger partial charge in [0, 0.05) is 0 Å². The molecule has 1 heteroatoms. The fourth-order valence-corrected chi connectivity index (χ4v) is 4.52. The second-order valence-electron chi connectivity index (χ2n) is 7.29. The molecule has 4 atom stereocenters. The van der Waals surface area contributed by atoms with Crippen molar-refractivity contribution in [3.05, 3.63) is 54.6 Å². The van der Waals surface area contributed by atoms with Gasteiger partial charge in [-0.25, -0.2) is 0 Å². The van der Waals surface area contributed by atoms with Crippen LogP contribution in [0.4, 0.5) is 0 Å². The van der Waals surface area contributed by atoms with Gasteiger partial charge in [0.25, 0.3) is 0 Å². The van der Waals surface area contributed by atoms with Crippen molar-refractivity contribution in [2.45, 2.75) is 51.4 Å². The first-order chi connectivity index (χ1) is 11.3. The normalized spacial score (nSPS) is 30.8. The third kappa shape index (κ3) is 4.07. The third-order valence-corrected chi connectivity index (χ3v) is 5.92. The second-order valence-corrected chi connectivity index (χ2v) is 7.29. The number of benzene rings is 1. The maximum absolute atomic E-state index is 5.70. The van der Waals surface area contributed by atoms with Crippen molar-refractivity contribution in [2.75, 3.05) is 6.61 Å². The zero-order valence-electron chi connectivity index (χ0n) is 14.4. The lowest BCUT2D eigenvalue weighted by Crippen LogP contribution is -2.29. The summed E-state index contributed by atoms with van der Waals surface area (Å²) in [5, 5.41) is 0. The van der Waals surface area contributed by atoms with Crippen LogP contribution in [0.25, 0.3) is 0 Å². The average Bonchev–Trinajstić information content (AvgIpc) is 2.61. The van der Waals surface area contributed by atoms with Crippen LogP contribution in [-0.2, 0) is 0 Å². The van der Waals surface area contributed by atoms with E-state index in [0.717, 1.165) is 29.4 Å². The van der Waals surface area contributed by atoms with Crippen LogP contribution in [0.1, 0.15) is 56.9 Å². The Morgan fingerprint density at radius 1 is 1.04 bits per heavy atom. The minimum atomic E-state index is 0.660. The highest BCUT2D eigenvalue weighted by atomic mass is 16.5. The summed E-state index contributed by atoms with van der Waals surface area (Å²) in [5.74, 6) is 4.40. The topological polar surface area (TPSA) is 9.23 Å². The summed E-state index contributed by atoms with van der Waals surface area (Å²) in [7, 11) is 0. The molecule has 0 aromatic heterocycles. The summed E-state index contributed by atoms with van der Waals surface area (Å²) < 4.78 is 5.70. The van der Waals surface area contributed by atoms with Gasteiger partial charge in [-0.2, -0.15) is 0 Å². The van der Waals surface area contributed by atoms with Gasteiger partial charge >= 0.3 is 0 Å². The number of hydrogen-bond acceptors (Lipinski definition) is 1. The van der Waals surface area contributed by atoms with Crippen LogP contribution in [0.3, 0.4) is 0 Å². The van der Waals surface area contributed by atoms with E-state index < -0.39 is 0 Å². The van der Waals surface area contributed by atoms with Gasteiger partial charge in [0.15, 0.2) is 0 Å². The first kappa shape index (κ1) is 16.4. The molecule has 0 radical (unpaired) electrons. The van der Waals surface area contributed by atoms with E-state index >= 15 is 0 Å². The predicted molar refractivity (Wildman–Crippen MR) is 97.9 cm³/mol. The molecule has 1 nitrogen and oxygen atoms in total. The molecule has 2 aliphatic rings. The van der Waals surface area contributed by atoms with Crippen LogP contribution in [0.5, 0.6) is 5.75 Å². The molecule has 3 rings (SSSR count). The van der Waals surface area contributed by atoms with Gasteiger partial charge in [0.1, 0.15) is 12.4 Å². The number of rotatable bonds is 5. The average molecular weight is 310 g/mol. The number of ether oxygens (including phenoxy) is 1. The largest absolute Gasteiger partial charge is 0.490 e. The van der Waals surface area contributed by atoms with E-state index in [4.69, 9.17) is 4.74 Å². The maximum Gasteiger partial charge on any atom is 0.119 e. The molecule has 124 valence electrons. The molecular weight excluding hydrogens is 280 g/mol. The number of fused-ring (bicyclic) bond motifs is 1. The monoisotopic (exact) mass is 310 g/mol. The summed E-state index contributed by atoms with van der Waals surface area (Å²) >= 11 is 0. The lowest BCUT2D eigenvalue weighted by molar-refractivity contribution is 0.133. The maximum atomic E-state index is 5.70. The third-order valence-electron chi connectivity index (χ3n) is 5.92. The summed E-state index contributed by atoms with van der Waals surface area (Å²) in [6, 6.07) is 8.84. The van der Waals surface area contributed by atoms with Crippen molar-refractivity contribution in [3.8, 4) is 5.75 Å². The molecule has 1 aromatic rings. The van der Waals surface area contributed by atoms with Crippen LogP contribution < -0.4 is 4.74 Å². The molecule has 1 unspecified atom stereocenters. The van der Waals surface area contributed by atoms with Crippen molar-refractivity contribution in [1.82, 2.24) is 0 Å². The smallest absolute Gasteiger partial charge is 0.119 e. The van der Waals surface area contributed by atoms with Crippen molar-refractivity contribution >= 4 is 0 Å². The zero-order chi connectivity index (χ0) is 16.1. The highest BCUT2D eigenvalue weighted by Gasteiger charge is 2.35. The quantitative estimate of drug-likeness (QED) is 0.595. The molecule has 0 N–H and O–H groups in total. The Morgan fingerprint density at radius 2 is 1.78 bits per heavy atom. The van der Waals surface area contributed by atoms with Gasteiger partial charge in [-0.05, 0) is 86.8 Å². The Kier molecular flexibility index (Phi) is 5.59. The number of hydrogen-bond donors (Lipinski definition) is 0. The number of allylic oxidation sites excluding steroid dienone is 2. The fourth-order valence-electron chi connectivity index (χ4n) is 4.52. The molecular formula is C22H30O. The van der Waals surface area contributed by atoms with Gasteiger partial charge in [0.05, 0.1) is 0 Å². The van der Waals surface area contributed by atoms with Crippen LogP contribution in [0, 0.1) is 17.8 Å². The molecule has 0 bridgehead atoms. The first-order valence-corrected chi connectivity index (χ1v) is 9.26. The van der Waals surface area contributed by atoms with Crippen LogP contribution in [0.15, 0.2) is 49.1 Å². The van der Waals surface area contributed by atoms with Crippen molar-refractivity contribution in [2.24, 2.45) is 17.8 Å². The van der Waals surface area contributed by atoms with E-state index in [-0.39, 0.29) is 0 Å². The Morgan fingerprint density at radius 3 is 2.52 bits per heavy atom. The molecule has 0 aliphatic heterocycles. The summed E-state index contributed by atoms with van der Waals surface area (Å²) in [5.41, 5.74) is 1.51. The SMILES string of the molecule is C=C[C@@H]1CC[C@@H]2CC(c3ccc(OC/C=C/C)cc3)CC[C@@H]2C1. The molecule has 23 heavy (non-hydrogen) atoms. The molecule has 2 saturated carbocycles. The first-order valence-electron chi connectivity index (χ1n) is 9.26. The van der Waals surface area contributed by atoms with E-state index in [2.05, 4.69) is 36.9 Å². The van der Waals surface area contributed by atoms with Crippen LogP contribution in [0.2, 0.25) is 0 Å². The van der Waals surface area contributed by atoms with Gasteiger partial charge in [-0.3, -0.25) is 0 Å². The van der Waals surface area contributed by atoms with E-state index in [1.165, 1.54) is 44.1 Å². The predicted octanol–water partition coefficient (Wildman–Crippen LogP) is 6.13. The molecule has 0 amide bonds. The van der Waals surface area contributed by atoms with Crippen molar-refractivity contribution in [3.63, 3.8) is 0 Å². The molecule has 2 aliphatic carbocycles. The van der Waals surface area contributed by atoms with Crippen LogP contribution in [-0.4, -0.2) is 6.61 Å². The Labute approximate surface area is 141 Å². The molecule has 1 aromatic carbocycles. The van der Waals surface area contributed by atoms with Crippen molar-refractivity contribution in [1.29, 1.82) is 0 Å². The molecule has 0 saturated heterocycles. The Bertz CT molecular complexity index is 527. The molecule has 0 spiro atoms. The van der Waals surface area contributed by atoms with Crippen molar-refractivity contribution < 1.29 is 4.74 Å². The van der Waals surface area contributed by atoms with Gasteiger partial charge in [-0.1, -0.05) is 30.4 Å². The molecule has 0 heterocycles. The Hall–Kier alpha value is -1.50. The summed E-state index contributed by atoms with van der Waals surface area (Å²) in [4.78, 5) is 0. The van der Waals surface area contributed by atoms with Gasteiger partial charge in [0.2, 0.25) is 0 Å². The minimum Gasteiger partial charge on any atom is -0.490 e. The highest BCUT2D eigenvalue weighted by Crippen LogP contribution is 2.47. The highest BCUT2D eigenvalue weighted by molar-refractivity contribution is 5.30. The second kappa shape index (κ2) is 7.86. The van der Waals surface area contributed by atoms with E-state index in [1.54, 1.807) is 0 Å². The van der Waals surface area contributed by atoms with Crippen LogP contribution >= 0.6 is 0 Å². The zero-order valence-corrected chi connectivity index (χ0v) is 14.4. The molecule has 2 fully saturated rings. The Balaban J connectivity index is 1.57. The van der Waals surface area contributed by atoms with Gasteiger partial charge < -0.3 is 4.74 Å².